The van der Waals surface area contributed by atoms with E-state index in [0.29, 0.717) is 0 Å². The summed E-state index contributed by atoms with van der Waals surface area (Å²) in [6, 6.07) is -0.249. The topological polar surface area (TPSA) is 44.7 Å². The Morgan fingerprint density at radius 1 is 1.58 bits per heavy atom. The molecule has 0 saturated carbocycles. The van der Waals surface area contributed by atoms with E-state index < -0.39 is 0 Å². The standard InChI is InChI=1S/C6H11N3O.C2H6/c1-4-9(5-7-2)6(10)8-3;1-2/h4-5H,1H2,2-3H3,(H,8,10);1-2H3. The first kappa shape index (κ1) is 13.3. The van der Waals surface area contributed by atoms with Crippen molar-refractivity contribution in [2.45, 2.75) is 13.8 Å². The molecule has 0 radical (unpaired) electrons. The number of nitrogens with zero attached hydrogens (tertiary/aromatic N) is 2. The summed E-state index contributed by atoms with van der Waals surface area (Å²) in [6.45, 7) is 7.42. The Bertz CT molecular complexity index is 154. The molecule has 4 heteroatoms. The third-order valence-electron chi connectivity index (χ3n) is 0.885. The van der Waals surface area contributed by atoms with E-state index in [9.17, 15) is 4.79 Å². The van der Waals surface area contributed by atoms with E-state index in [1.165, 1.54) is 17.4 Å². The second-order valence-corrected chi connectivity index (χ2v) is 1.52. The van der Waals surface area contributed by atoms with Crippen LogP contribution in [0.1, 0.15) is 13.8 Å². The fourth-order valence-corrected chi connectivity index (χ4v) is 0.436. The average molecular weight is 171 g/mol. The normalized spacial score (nSPS) is 8.33. The molecule has 0 aliphatic rings. The van der Waals surface area contributed by atoms with Gasteiger partial charge in [0.1, 0.15) is 0 Å². The summed E-state index contributed by atoms with van der Waals surface area (Å²) in [5.74, 6) is 0. The van der Waals surface area contributed by atoms with E-state index in [1.54, 1.807) is 14.1 Å². The fourth-order valence-electron chi connectivity index (χ4n) is 0.436. The van der Waals surface area contributed by atoms with Crippen LogP contribution < -0.4 is 5.32 Å². The van der Waals surface area contributed by atoms with Gasteiger partial charge in [0.2, 0.25) is 0 Å². The van der Waals surface area contributed by atoms with E-state index in [0.717, 1.165) is 0 Å². The Labute approximate surface area is 74.0 Å². The average Bonchev–Trinajstić information content (AvgIpc) is 2.16. The number of rotatable bonds is 2. The van der Waals surface area contributed by atoms with Crippen LogP contribution in [0.4, 0.5) is 4.79 Å². The SMILES string of the molecule is C=CN(C=NC)C(=O)NC.CC. The largest absolute Gasteiger partial charge is 0.340 e. The van der Waals surface area contributed by atoms with Crippen LogP contribution in [0.5, 0.6) is 0 Å². The van der Waals surface area contributed by atoms with Gasteiger partial charge >= 0.3 is 6.03 Å². The van der Waals surface area contributed by atoms with E-state index in [1.807, 2.05) is 13.8 Å². The first-order chi connectivity index (χ1) is 5.76. The van der Waals surface area contributed by atoms with Gasteiger partial charge in [-0.1, -0.05) is 20.4 Å². The predicted molar refractivity (Wildman–Crippen MR) is 52.3 cm³/mol. The molecule has 0 aromatic heterocycles. The van der Waals surface area contributed by atoms with Gasteiger partial charge in [-0.05, 0) is 0 Å². The molecule has 0 heterocycles. The molecule has 0 saturated heterocycles. The molecule has 0 fully saturated rings. The van der Waals surface area contributed by atoms with Crippen molar-refractivity contribution < 1.29 is 4.79 Å². The van der Waals surface area contributed by atoms with Gasteiger partial charge in [0.05, 0.1) is 6.34 Å². The van der Waals surface area contributed by atoms with Gasteiger partial charge in [-0.2, -0.15) is 0 Å². The quantitative estimate of drug-likeness (QED) is 0.496. The summed E-state index contributed by atoms with van der Waals surface area (Å²) in [5, 5.41) is 2.43. The van der Waals surface area contributed by atoms with Crippen molar-refractivity contribution in [2.24, 2.45) is 4.99 Å². The molecule has 4 nitrogen and oxygen atoms in total. The summed E-state index contributed by atoms with van der Waals surface area (Å²) in [5.41, 5.74) is 0. The molecule has 70 valence electrons. The first-order valence-corrected chi connectivity index (χ1v) is 3.81. The van der Waals surface area contributed by atoms with Crippen LogP contribution in [-0.2, 0) is 0 Å². The van der Waals surface area contributed by atoms with Gasteiger partial charge in [-0.3, -0.25) is 9.89 Å². The van der Waals surface area contributed by atoms with Crippen molar-refractivity contribution in [2.75, 3.05) is 14.1 Å². The maximum Gasteiger partial charge on any atom is 0.326 e. The molecule has 2 amide bonds. The van der Waals surface area contributed by atoms with Gasteiger partial charge in [-0.25, -0.2) is 4.79 Å². The molecular formula is C8H17N3O. The summed E-state index contributed by atoms with van der Waals surface area (Å²) in [7, 11) is 3.13. The number of hydrogen-bond acceptors (Lipinski definition) is 2. The Hall–Kier alpha value is -1.32. The number of hydrogen-bond donors (Lipinski definition) is 1. The van der Waals surface area contributed by atoms with Crippen molar-refractivity contribution >= 4 is 12.4 Å². The van der Waals surface area contributed by atoms with Crippen molar-refractivity contribution in [1.29, 1.82) is 0 Å². The van der Waals surface area contributed by atoms with Crippen LogP contribution in [0.25, 0.3) is 0 Å². The number of carbonyl (C=O) groups excluding carboxylic acids is 1. The van der Waals surface area contributed by atoms with Crippen LogP contribution in [-0.4, -0.2) is 31.4 Å². The number of nitrogens with one attached hydrogen (secondary N) is 1. The number of aliphatic imine (C=N–C) groups is 1. The highest BCUT2D eigenvalue weighted by molar-refractivity contribution is 5.87. The number of carbonyl (C=O) groups is 1. The van der Waals surface area contributed by atoms with Gasteiger partial charge in [-0.15, -0.1) is 0 Å². The molecule has 12 heavy (non-hydrogen) atoms. The summed E-state index contributed by atoms with van der Waals surface area (Å²) < 4.78 is 0. The highest BCUT2D eigenvalue weighted by atomic mass is 16.2. The highest BCUT2D eigenvalue weighted by Crippen LogP contribution is 1.83. The summed E-state index contributed by atoms with van der Waals surface area (Å²) in [4.78, 5) is 15.7. The lowest BCUT2D eigenvalue weighted by atomic mass is 10.7. The summed E-state index contributed by atoms with van der Waals surface area (Å²) >= 11 is 0. The molecule has 0 atom stereocenters. The molecule has 0 aromatic carbocycles. The Morgan fingerprint density at radius 2 is 2.08 bits per heavy atom. The van der Waals surface area contributed by atoms with Gasteiger partial charge < -0.3 is 5.32 Å². The van der Waals surface area contributed by atoms with Crippen LogP contribution in [0.2, 0.25) is 0 Å². The predicted octanol–water partition coefficient (Wildman–Crippen LogP) is 1.46. The van der Waals surface area contributed by atoms with E-state index in [2.05, 4.69) is 16.9 Å². The second-order valence-electron chi connectivity index (χ2n) is 1.52. The number of amides is 2. The molecule has 0 spiro atoms. The van der Waals surface area contributed by atoms with Crippen LogP contribution in [0.15, 0.2) is 17.8 Å². The van der Waals surface area contributed by atoms with E-state index in [4.69, 9.17) is 0 Å². The Kier molecular flexibility index (Phi) is 10.7. The van der Waals surface area contributed by atoms with Crippen LogP contribution >= 0.6 is 0 Å². The van der Waals surface area contributed by atoms with Crippen molar-refractivity contribution in [3.8, 4) is 0 Å². The number of urea groups is 1. The highest BCUT2D eigenvalue weighted by Gasteiger charge is 2.01. The molecule has 0 bridgehead atoms. The molecule has 1 N–H and O–H groups in total. The zero-order valence-electron chi connectivity index (χ0n) is 8.16. The minimum Gasteiger partial charge on any atom is -0.340 e. The smallest absolute Gasteiger partial charge is 0.326 e. The molecule has 0 aromatic rings. The molecule has 0 rings (SSSR count). The second kappa shape index (κ2) is 9.68. The Balaban J connectivity index is 0. The summed E-state index contributed by atoms with van der Waals surface area (Å²) in [6.07, 6.45) is 2.76. The van der Waals surface area contributed by atoms with Crippen LogP contribution in [0, 0.1) is 0 Å². The van der Waals surface area contributed by atoms with Crippen molar-refractivity contribution in [1.82, 2.24) is 10.2 Å². The maximum absolute atomic E-state index is 10.8. The molecular weight excluding hydrogens is 154 g/mol. The van der Waals surface area contributed by atoms with Crippen molar-refractivity contribution in [3.05, 3.63) is 12.8 Å². The minimum absolute atomic E-state index is 0.249. The first-order valence-electron chi connectivity index (χ1n) is 3.81. The minimum atomic E-state index is -0.249. The third-order valence-corrected chi connectivity index (χ3v) is 0.885. The molecule has 0 aliphatic carbocycles. The lowest BCUT2D eigenvalue weighted by Gasteiger charge is -2.09. The lowest BCUT2D eigenvalue weighted by Crippen LogP contribution is -2.32. The maximum atomic E-state index is 10.8. The zero-order valence-corrected chi connectivity index (χ0v) is 8.16. The molecule has 0 aliphatic heterocycles. The molecule has 0 unspecified atom stereocenters. The third kappa shape index (κ3) is 5.46. The van der Waals surface area contributed by atoms with Crippen molar-refractivity contribution in [3.63, 3.8) is 0 Å². The monoisotopic (exact) mass is 171 g/mol. The Morgan fingerprint density at radius 3 is 2.33 bits per heavy atom. The zero-order chi connectivity index (χ0) is 9.98. The fraction of sp³-hybridized carbons (Fsp3) is 0.500. The van der Waals surface area contributed by atoms with E-state index in [-0.39, 0.29) is 6.03 Å². The van der Waals surface area contributed by atoms with E-state index >= 15 is 0 Å². The lowest BCUT2D eigenvalue weighted by molar-refractivity contribution is 0.233. The van der Waals surface area contributed by atoms with Crippen LogP contribution in [0.3, 0.4) is 0 Å². The van der Waals surface area contributed by atoms with Gasteiger partial charge in [0.25, 0.3) is 0 Å². The van der Waals surface area contributed by atoms with Gasteiger partial charge in [0.15, 0.2) is 0 Å². The van der Waals surface area contributed by atoms with Gasteiger partial charge in [0, 0.05) is 20.3 Å².